The smallest absolute Gasteiger partial charge is 0.295 e. The minimum absolute atomic E-state index is 0.00331. The van der Waals surface area contributed by atoms with E-state index in [9.17, 15) is 19.8 Å². The Hall–Kier alpha value is -4.30. The number of aliphatic hydroxyl groups is 1. The van der Waals surface area contributed by atoms with E-state index in [2.05, 4.69) is 6.07 Å². The van der Waals surface area contributed by atoms with Crippen LogP contribution in [0.1, 0.15) is 41.6 Å². The number of likely N-dealkylation sites (tertiary alicyclic amines) is 1. The molecule has 4 rings (SSSR count). The SMILES string of the molecule is CCOc1cc([C@@H]2C(=C(O)c3ccc(OCc4cccc(C)c4)cc3)C(=O)C(=O)N2CCCN(C)C)ccc1O. The Bertz CT molecular complexity index is 1400. The van der Waals surface area contributed by atoms with Crippen LogP contribution in [0.3, 0.4) is 0 Å². The molecule has 3 aromatic rings. The number of benzene rings is 3. The second kappa shape index (κ2) is 12.7. The van der Waals surface area contributed by atoms with E-state index in [-0.39, 0.29) is 22.8 Å². The number of hydrogen-bond acceptors (Lipinski definition) is 7. The summed E-state index contributed by atoms with van der Waals surface area (Å²) >= 11 is 0. The van der Waals surface area contributed by atoms with Crippen LogP contribution in [0, 0.1) is 6.92 Å². The number of Topliss-reactive ketones (excluding diaryl/α,β-unsaturated/α-hetero) is 1. The summed E-state index contributed by atoms with van der Waals surface area (Å²) in [5, 5.41) is 21.6. The lowest BCUT2D eigenvalue weighted by Crippen LogP contribution is -2.32. The minimum atomic E-state index is -0.834. The number of aliphatic hydroxyl groups excluding tert-OH is 1. The van der Waals surface area contributed by atoms with Crippen LogP contribution < -0.4 is 9.47 Å². The van der Waals surface area contributed by atoms with Crippen LogP contribution in [0.25, 0.3) is 5.76 Å². The number of phenolic OH excluding ortho intramolecular Hbond substituents is 1. The highest BCUT2D eigenvalue weighted by atomic mass is 16.5. The van der Waals surface area contributed by atoms with Crippen molar-refractivity contribution in [3.8, 4) is 17.2 Å². The maximum atomic E-state index is 13.3. The van der Waals surface area contributed by atoms with Crippen molar-refractivity contribution in [1.82, 2.24) is 9.80 Å². The van der Waals surface area contributed by atoms with Crippen molar-refractivity contribution >= 4 is 17.4 Å². The Morgan fingerprint density at radius 3 is 2.42 bits per heavy atom. The zero-order valence-corrected chi connectivity index (χ0v) is 23.4. The number of aromatic hydroxyl groups is 1. The second-order valence-electron chi connectivity index (χ2n) is 10.1. The van der Waals surface area contributed by atoms with Crippen molar-refractivity contribution in [2.75, 3.05) is 33.8 Å². The fourth-order valence-electron chi connectivity index (χ4n) is 4.82. The first kappa shape index (κ1) is 28.7. The molecule has 0 unspecified atom stereocenters. The zero-order chi connectivity index (χ0) is 28.8. The van der Waals surface area contributed by atoms with Crippen LogP contribution in [-0.2, 0) is 16.2 Å². The quantitative estimate of drug-likeness (QED) is 0.198. The first-order valence-corrected chi connectivity index (χ1v) is 13.4. The van der Waals surface area contributed by atoms with Crippen molar-refractivity contribution in [2.24, 2.45) is 0 Å². The normalized spacial score (nSPS) is 16.5. The summed E-state index contributed by atoms with van der Waals surface area (Å²) in [4.78, 5) is 30.0. The van der Waals surface area contributed by atoms with Gasteiger partial charge in [0, 0.05) is 12.1 Å². The average Bonchev–Trinajstić information content (AvgIpc) is 3.18. The van der Waals surface area contributed by atoms with Crippen molar-refractivity contribution in [2.45, 2.75) is 32.9 Å². The lowest BCUT2D eigenvalue weighted by molar-refractivity contribution is -0.139. The van der Waals surface area contributed by atoms with Gasteiger partial charge in [-0.05, 0) is 88.4 Å². The van der Waals surface area contributed by atoms with Crippen LogP contribution in [0.5, 0.6) is 17.2 Å². The molecule has 1 heterocycles. The van der Waals surface area contributed by atoms with Gasteiger partial charge < -0.3 is 29.5 Å². The van der Waals surface area contributed by atoms with Crippen molar-refractivity contribution < 1.29 is 29.3 Å². The number of amides is 1. The lowest BCUT2D eigenvalue weighted by atomic mass is 9.95. The number of hydrogen-bond donors (Lipinski definition) is 2. The van der Waals surface area contributed by atoms with Gasteiger partial charge in [-0.25, -0.2) is 0 Å². The molecule has 1 atom stereocenters. The second-order valence-corrected chi connectivity index (χ2v) is 10.1. The van der Waals surface area contributed by atoms with E-state index in [1.165, 1.54) is 11.0 Å². The Balaban J connectivity index is 1.67. The highest BCUT2D eigenvalue weighted by Crippen LogP contribution is 2.42. The number of carbonyl (C=O) groups is 2. The van der Waals surface area contributed by atoms with Crippen LogP contribution >= 0.6 is 0 Å². The molecule has 0 aliphatic carbocycles. The third-order valence-electron chi connectivity index (χ3n) is 6.76. The van der Waals surface area contributed by atoms with Gasteiger partial charge in [-0.15, -0.1) is 0 Å². The first-order valence-electron chi connectivity index (χ1n) is 13.4. The van der Waals surface area contributed by atoms with Gasteiger partial charge in [0.1, 0.15) is 18.1 Å². The predicted molar refractivity (Wildman–Crippen MR) is 153 cm³/mol. The highest BCUT2D eigenvalue weighted by molar-refractivity contribution is 6.46. The van der Waals surface area contributed by atoms with Gasteiger partial charge in [-0.2, -0.15) is 0 Å². The van der Waals surface area contributed by atoms with Gasteiger partial charge in [-0.1, -0.05) is 35.9 Å². The maximum absolute atomic E-state index is 13.3. The van der Waals surface area contributed by atoms with Gasteiger partial charge in [-0.3, -0.25) is 9.59 Å². The topological polar surface area (TPSA) is 99.5 Å². The molecule has 210 valence electrons. The van der Waals surface area contributed by atoms with Crippen molar-refractivity contribution in [1.29, 1.82) is 0 Å². The fourth-order valence-corrected chi connectivity index (χ4v) is 4.82. The molecule has 0 radical (unpaired) electrons. The number of aryl methyl sites for hydroxylation is 1. The summed E-state index contributed by atoms with van der Waals surface area (Å²) in [5.74, 6) is -0.883. The van der Waals surface area contributed by atoms with Gasteiger partial charge in [0.15, 0.2) is 11.5 Å². The molecule has 40 heavy (non-hydrogen) atoms. The Morgan fingerprint density at radius 2 is 1.75 bits per heavy atom. The molecule has 8 heteroatoms. The number of ketones is 1. The maximum Gasteiger partial charge on any atom is 0.295 e. The summed E-state index contributed by atoms with van der Waals surface area (Å²) in [6.45, 7) is 5.59. The Morgan fingerprint density at radius 1 is 1.00 bits per heavy atom. The average molecular weight is 545 g/mol. The van der Waals surface area contributed by atoms with Crippen LogP contribution in [0.15, 0.2) is 72.3 Å². The first-order chi connectivity index (χ1) is 19.2. The third-order valence-corrected chi connectivity index (χ3v) is 6.76. The van der Waals surface area contributed by atoms with Crippen LogP contribution in [0.4, 0.5) is 0 Å². The third kappa shape index (κ3) is 6.46. The van der Waals surface area contributed by atoms with Crippen molar-refractivity contribution in [3.63, 3.8) is 0 Å². The fraction of sp³-hybridized carbons (Fsp3) is 0.312. The molecule has 2 N–H and O–H groups in total. The van der Waals surface area contributed by atoms with Crippen molar-refractivity contribution in [3.05, 3.63) is 94.6 Å². The zero-order valence-electron chi connectivity index (χ0n) is 23.4. The number of phenols is 1. The largest absolute Gasteiger partial charge is 0.507 e. The summed E-state index contributed by atoms with van der Waals surface area (Å²) in [5.41, 5.74) is 3.14. The standard InChI is InChI=1S/C32H36N2O6/c1-5-39-27-19-24(12-15-26(27)35)29-28(31(37)32(38)34(29)17-7-16-33(3)4)30(36)23-10-13-25(14-11-23)40-20-22-9-6-8-21(2)18-22/h6,8-15,18-19,29,35-36H,5,7,16-17,20H2,1-4H3/t29-/m1/s1. The van der Waals surface area contributed by atoms with Gasteiger partial charge in [0.05, 0.1) is 18.2 Å². The van der Waals surface area contributed by atoms with E-state index in [1.807, 2.05) is 44.1 Å². The summed E-state index contributed by atoms with van der Waals surface area (Å²) < 4.78 is 11.5. The molecule has 3 aromatic carbocycles. The Labute approximate surface area is 235 Å². The summed E-state index contributed by atoms with van der Waals surface area (Å²) in [7, 11) is 3.88. The number of nitrogens with zero attached hydrogens (tertiary/aromatic N) is 2. The predicted octanol–water partition coefficient (Wildman–Crippen LogP) is 5.05. The van der Waals surface area contributed by atoms with E-state index in [1.54, 1.807) is 43.3 Å². The summed E-state index contributed by atoms with van der Waals surface area (Å²) in [6.07, 6.45) is 0.639. The Kier molecular flexibility index (Phi) is 9.11. The molecule has 1 aliphatic heterocycles. The van der Waals surface area contributed by atoms with Gasteiger partial charge in [0.25, 0.3) is 11.7 Å². The molecule has 0 aromatic heterocycles. The van der Waals surface area contributed by atoms with Gasteiger partial charge in [0.2, 0.25) is 0 Å². The highest BCUT2D eigenvalue weighted by Gasteiger charge is 2.46. The monoisotopic (exact) mass is 544 g/mol. The molecule has 0 spiro atoms. The van der Waals surface area contributed by atoms with E-state index in [0.717, 1.165) is 17.7 Å². The van der Waals surface area contributed by atoms with E-state index in [4.69, 9.17) is 9.47 Å². The summed E-state index contributed by atoms with van der Waals surface area (Å²) in [6, 6.07) is 18.7. The lowest BCUT2D eigenvalue weighted by Gasteiger charge is -2.26. The molecule has 1 aliphatic rings. The molecule has 1 saturated heterocycles. The number of carbonyl (C=O) groups excluding carboxylic acids is 2. The molecule has 1 amide bonds. The molecular formula is C32H36N2O6. The number of ether oxygens (including phenoxy) is 2. The van der Waals surface area contributed by atoms with E-state index in [0.29, 0.717) is 43.1 Å². The number of rotatable bonds is 11. The van der Waals surface area contributed by atoms with Crippen LogP contribution in [-0.4, -0.2) is 65.5 Å². The molecule has 1 fully saturated rings. The van der Waals surface area contributed by atoms with Gasteiger partial charge >= 0.3 is 0 Å². The molecule has 0 bridgehead atoms. The van der Waals surface area contributed by atoms with E-state index < -0.39 is 17.7 Å². The molecule has 0 saturated carbocycles. The molecular weight excluding hydrogens is 508 g/mol. The van der Waals surface area contributed by atoms with E-state index >= 15 is 0 Å². The molecule has 8 nitrogen and oxygen atoms in total. The minimum Gasteiger partial charge on any atom is -0.507 e. The van der Waals surface area contributed by atoms with Crippen LogP contribution in [0.2, 0.25) is 0 Å².